The molecule has 3 aromatic rings. The number of aryl methyl sites for hydroxylation is 1. The third kappa shape index (κ3) is 3.97. The SMILES string of the molecule is Cn1c(-c2ccc(C(F)(F)F)cc2O)nc2nc(NCC(C)(C)O)ccc21. The molecule has 0 radical (unpaired) electrons. The fraction of sp³-hybridized carbons (Fsp3) is 0.333. The number of rotatable bonds is 4. The van der Waals surface area contributed by atoms with Gasteiger partial charge in [0.05, 0.1) is 22.2 Å². The number of hydrogen-bond donors (Lipinski definition) is 3. The fourth-order valence-electron chi connectivity index (χ4n) is 2.62. The number of nitrogens with one attached hydrogen (secondary N) is 1. The summed E-state index contributed by atoms with van der Waals surface area (Å²) in [4.78, 5) is 8.70. The first-order valence-corrected chi connectivity index (χ1v) is 8.16. The highest BCUT2D eigenvalue weighted by atomic mass is 19.4. The number of nitrogens with zero attached hydrogens (tertiary/aromatic N) is 3. The molecule has 0 aliphatic carbocycles. The van der Waals surface area contributed by atoms with Gasteiger partial charge in [-0.1, -0.05) is 0 Å². The second-order valence-corrected chi connectivity index (χ2v) is 6.93. The Morgan fingerprint density at radius 3 is 2.41 bits per heavy atom. The van der Waals surface area contributed by atoms with E-state index in [-0.39, 0.29) is 12.1 Å². The van der Waals surface area contributed by atoms with Crippen LogP contribution in [0.25, 0.3) is 22.6 Å². The molecule has 0 atom stereocenters. The second kappa shape index (κ2) is 6.41. The minimum atomic E-state index is -4.54. The van der Waals surface area contributed by atoms with E-state index in [1.807, 2.05) is 0 Å². The number of halogens is 3. The van der Waals surface area contributed by atoms with Gasteiger partial charge in [0.1, 0.15) is 17.4 Å². The maximum Gasteiger partial charge on any atom is 0.416 e. The van der Waals surface area contributed by atoms with Crippen molar-refractivity contribution in [3.63, 3.8) is 0 Å². The number of aliphatic hydroxyl groups is 1. The first kappa shape index (κ1) is 19.0. The molecule has 2 heterocycles. The molecule has 3 N–H and O–H groups in total. The molecule has 0 spiro atoms. The molecule has 27 heavy (non-hydrogen) atoms. The Kier molecular flexibility index (Phi) is 4.51. The van der Waals surface area contributed by atoms with E-state index in [1.165, 1.54) is 6.07 Å². The van der Waals surface area contributed by atoms with Crippen molar-refractivity contribution >= 4 is 17.0 Å². The largest absolute Gasteiger partial charge is 0.507 e. The summed E-state index contributed by atoms with van der Waals surface area (Å²) in [6.45, 7) is 3.60. The van der Waals surface area contributed by atoms with E-state index < -0.39 is 23.1 Å². The lowest BCUT2D eigenvalue weighted by molar-refractivity contribution is -0.137. The molecular weight excluding hydrogens is 361 g/mol. The highest BCUT2D eigenvalue weighted by Gasteiger charge is 2.31. The van der Waals surface area contributed by atoms with E-state index in [0.29, 0.717) is 28.9 Å². The third-order valence-corrected chi connectivity index (χ3v) is 4.01. The Bertz CT molecular complexity index is 991. The van der Waals surface area contributed by atoms with E-state index in [4.69, 9.17) is 0 Å². The maximum absolute atomic E-state index is 12.8. The Morgan fingerprint density at radius 2 is 1.81 bits per heavy atom. The van der Waals surface area contributed by atoms with Crippen molar-refractivity contribution < 1.29 is 23.4 Å². The number of pyridine rings is 1. The Labute approximate surface area is 153 Å². The summed E-state index contributed by atoms with van der Waals surface area (Å²) in [5.41, 5.74) is -0.656. The van der Waals surface area contributed by atoms with Crippen molar-refractivity contribution in [3.8, 4) is 17.1 Å². The van der Waals surface area contributed by atoms with Crippen LogP contribution in [0.3, 0.4) is 0 Å². The van der Waals surface area contributed by atoms with Crippen LogP contribution in [-0.2, 0) is 13.2 Å². The molecule has 0 unspecified atom stereocenters. The minimum absolute atomic E-state index is 0.175. The summed E-state index contributed by atoms with van der Waals surface area (Å²) in [5, 5.41) is 22.8. The van der Waals surface area contributed by atoms with Gasteiger partial charge in [-0.3, -0.25) is 0 Å². The van der Waals surface area contributed by atoms with Crippen molar-refractivity contribution in [2.24, 2.45) is 7.05 Å². The summed E-state index contributed by atoms with van der Waals surface area (Å²) < 4.78 is 40.0. The monoisotopic (exact) mass is 380 g/mol. The molecule has 0 bridgehead atoms. The highest BCUT2D eigenvalue weighted by Crippen LogP contribution is 2.36. The molecule has 144 valence electrons. The van der Waals surface area contributed by atoms with Gasteiger partial charge >= 0.3 is 6.18 Å². The van der Waals surface area contributed by atoms with E-state index in [2.05, 4.69) is 15.3 Å². The van der Waals surface area contributed by atoms with Gasteiger partial charge in [-0.25, -0.2) is 9.97 Å². The van der Waals surface area contributed by atoms with Crippen LogP contribution in [0.2, 0.25) is 0 Å². The van der Waals surface area contributed by atoms with Crippen LogP contribution in [0.4, 0.5) is 19.0 Å². The summed E-state index contributed by atoms with van der Waals surface area (Å²) in [7, 11) is 1.69. The van der Waals surface area contributed by atoms with Crippen molar-refractivity contribution in [2.75, 3.05) is 11.9 Å². The van der Waals surface area contributed by atoms with Gasteiger partial charge in [0.2, 0.25) is 0 Å². The lowest BCUT2D eigenvalue weighted by atomic mass is 10.1. The number of alkyl halides is 3. The van der Waals surface area contributed by atoms with E-state index in [9.17, 15) is 23.4 Å². The lowest BCUT2D eigenvalue weighted by Gasteiger charge is -2.17. The molecule has 0 fully saturated rings. The molecule has 0 aliphatic heterocycles. The number of aromatic nitrogens is 3. The smallest absolute Gasteiger partial charge is 0.416 e. The van der Waals surface area contributed by atoms with Crippen LogP contribution < -0.4 is 5.32 Å². The summed E-state index contributed by atoms with van der Waals surface area (Å²) >= 11 is 0. The number of phenols is 1. The molecule has 0 aliphatic rings. The zero-order valence-electron chi connectivity index (χ0n) is 15.0. The van der Waals surface area contributed by atoms with Gasteiger partial charge in [-0.05, 0) is 44.2 Å². The molecular formula is C18H19F3N4O2. The molecule has 0 saturated carbocycles. The maximum atomic E-state index is 12.8. The number of aromatic hydroxyl groups is 1. The van der Waals surface area contributed by atoms with Crippen LogP contribution in [0.1, 0.15) is 19.4 Å². The Morgan fingerprint density at radius 1 is 1.11 bits per heavy atom. The molecule has 2 aromatic heterocycles. The summed E-state index contributed by atoms with van der Waals surface area (Å²) in [6.07, 6.45) is -4.54. The fourth-order valence-corrected chi connectivity index (χ4v) is 2.62. The number of hydrogen-bond acceptors (Lipinski definition) is 5. The van der Waals surface area contributed by atoms with Crippen LogP contribution in [-0.4, -0.2) is 36.9 Å². The first-order chi connectivity index (χ1) is 12.5. The van der Waals surface area contributed by atoms with Crippen molar-refractivity contribution in [1.29, 1.82) is 0 Å². The molecule has 3 rings (SSSR count). The van der Waals surface area contributed by atoms with Gasteiger partial charge in [0.25, 0.3) is 0 Å². The summed E-state index contributed by atoms with van der Waals surface area (Å²) in [5.74, 6) is 0.290. The number of phenolic OH excluding ortho intramolecular Hbond substituents is 1. The minimum Gasteiger partial charge on any atom is -0.507 e. The molecule has 6 nitrogen and oxygen atoms in total. The van der Waals surface area contributed by atoms with E-state index >= 15 is 0 Å². The normalized spacial score (nSPS) is 12.6. The van der Waals surface area contributed by atoms with Crippen LogP contribution in [0, 0.1) is 0 Å². The number of benzene rings is 1. The second-order valence-electron chi connectivity index (χ2n) is 6.93. The van der Waals surface area contributed by atoms with E-state index in [1.54, 1.807) is 37.6 Å². The molecule has 1 aromatic carbocycles. The number of anilines is 1. The lowest BCUT2D eigenvalue weighted by Crippen LogP contribution is -2.29. The molecule has 0 saturated heterocycles. The van der Waals surface area contributed by atoms with Crippen LogP contribution in [0.15, 0.2) is 30.3 Å². The van der Waals surface area contributed by atoms with E-state index in [0.717, 1.165) is 6.07 Å². The molecule has 9 heteroatoms. The third-order valence-electron chi connectivity index (χ3n) is 4.01. The van der Waals surface area contributed by atoms with Gasteiger partial charge < -0.3 is 20.1 Å². The van der Waals surface area contributed by atoms with Crippen LogP contribution >= 0.6 is 0 Å². The van der Waals surface area contributed by atoms with Gasteiger partial charge in [0, 0.05) is 13.6 Å². The van der Waals surface area contributed by atoms with Gasteiger partial charge in [-0.15, -0.1) is 0 Å². The predicted molar refractivity (Wildman–Crippen MR) is 95.4 cm³/mol. The average molecular weight is 380 g/mol. The van der Waals surface area contributed by atoms with Crippen molar-refractivity contribution in [3.05, 3.63) is 35.9 Å². The number of fused-ring (bicyclic) bond motifs is 1. The van der Waals surface area contributed by atoms with Crippen molar-refractivity contribution in [1.82, 2.24) is 14.5 Å². The zero-order valence-corrected chi connectivity index (χ0v) is 15.0. The highest BCUT2D eigenvalue weighted by molar-refractivity contribution is 5.80. The molecule has 0 amide bonds. The quantitative estimate of drug-likeness (QED) is 0.645. The topological polar surface area (TPSA) is 83.2 Å². The zero-order chi connectivity index (χ0) is 20.0. The first-order valence-electron chi connectivity index (χ1n) is 8.16. The number of imidazole rings is 1. The summed E-state index contributed by atoms with van der Waals surface area (Å²) in [6, 6.07) is 6.24. The standard InChI is InChI=1S/C18H19F3N4O2/c1-17(2,27)9-22-14-7-6-12-15(23-14)24-16(25(12)3)11-5-4-10(8-13(11)26)18(19,20)21/h4-8,26-27H,9H2,1-3H3,(H,22,23). The predicted octanol–water partition coefficient (Wildman–Crippen LogP) is 3.54. The Hall–Kier alpha value is -2.81. The average Bonchev–Trinajstić information content (AvgIpc) is 2.87. The van der Waals surface area contributed by atoms with Crippen molar-refractivity contribution in [2.45, 2.75) is 25.6 Å². The van der Waals surface area contributed by atoms with Crippen LogP contribution in [0.5, 0.6) is 5.75 Å². The van der Waals surface area contributed by atoms with Gasteiger partial charge in [0.15, 0.2) is 5.65 Å². The Balaban J connectivity index is 1.99. The van der Waals surface area contributed by atoms with Gasteiger partial charge in [-0.2, -0.15) is 13.2 Å².